The van der Waals surface area contributed by atoms with Gasteiger partial charge in [0, 0.05) is 37.8 Å². The van der Waals surface area contributed by atoms with Gasteiger partial charge in [-0.2, -0.15) is 0 Å². The molecule has 0 atom stereocenters. The minimum atomic E-state index is -0.544. The maximum absolute atomic E-state index is 5.96. The Hall–Kier alpha value is -2.10. The van der Waals surface area contributed by atoms with Gasteiger partial charge in [0.25, 0.3) is 0 Å². The normalized spacial score (nSPS) is 19.5. The minimum Gasteiger partial charge on any atom is -0.457 e. The lowest BCUT2D eigenvalue weighted by molar-refractivity contribution is -0.118. The number of fused-ring (bicyclic) bond motifs is 1. The van der Waals surface area contributed by atoms with Crippen molar-refractivity contribution in [2.24, 2.45) is 0 Å². The second kappa shape index (κ2) is 4.23. The van der Waals surface area contributed by atoms with Gasteiger partial charge >= 0.3 is 0 Å². The Balaban J connectivity index is 1.71. The van der Waals surface area contributed by atoms with Crippen LogP contribution in [0.5, 0.6) is 0 Å². The van der Waals surface area contributed by atoms with Crippen molar-refractivity contribution >= 4 is 11.8 Å². The van der Waals surface area contributed by atoms with E-state index in [4.69, 9.17) is 15.2 Å². The lowest BCUT2D eigenvalue weighted by Gasteiger charge is -2.26. The molecule has 0 amide bonds. The number of nitrogens with zero attached hydrogens (tertiary/aromatic N) is 1. The molecule has 0 radical (unpaired) electrons. The van der Waals surface area contributed by atoms with Crippen molar-refractivity contribution in [2.75, 3.05) is 12.3 Å². The Labute approximate surface area is 113 Å². The van der Waals surface area contributed by atoms with Crippen LogP contribution < -0.4 is 5.73 Å². The van der Waals surface area contributed by atoms with E-state index in [2.05, 4.69) is 17.0 Å². The summed E-state index contributed by atoms with van der Waals surface area (Å²) in [5.41, 5.74) is 9.15. The first kappa shape index (κ1) is 12.0. The number of anilines is 1. The van der Waals surface area contributed by atoms with Crippen LogP contribution in [0.2, 0.25) is 0 Å². The monoisotopic (exact) mass is 258 g/mol. The van der Waals surface area contributed by atoms with Gasteiger partial charge in [0.2, 0.25) is 5.79 Å². The van der Waals surface area contributed by atoms with Crippen LogP contribution in [0.3, 0.4) is 0 Å². The van der Waals surface area contributed by atoms with Gasteiger partial charge in [-0.3, -0.25) is 0 Å². The van der Waals surface area contributed by atoms with E-state index < -0.39 is 5.79 Å². The molecule has 0 fully saturated rings. The third kappa shape index (κ3) is 2.38. The molecule has 100 valence electrons. The van der Waals surface area contributed by atoms with Gasteiger partial charge in [0.1, 0.15) is 6.26 Å². The number of hydrogen-bond acceptors (Lipinski definition) is 4. The smallest absolute Gasteiger partial charge is 0.244 e. The van der Waals surface area contributed by atoms with Crippen LogP contribution in [0.15, 0.2) is 36.4 Å². The van der Waals surface area contributed by atoms with Crippen LogP contribution in [0.4, 0.5) is 5.69 Å². The molecule has 4 nitrogen and oxygen atoms in total. The fourth-order valence-corrected chi connectivity index (χ4v) is 2.38. The zero-order valence-corrected chi connectivity index (χ0v) is 11.2. The SMILES string of the molecule is CC1(C)OC=C(CN2C=Cc3c(N)cccc3C2)O1. The molecule has 2 aliphatic rings. The van der Waals surface area contributed by atoms with E-state index in [9.17, 15) is 0 Å². The van der Waals surface area contributed by atoms with Crippen molar-refractivity contribution in [1.29, 1.82) is 0 Å². The summed E-state index contributed by atoms with van der Waals surface area (Å²) in [7, 11) is 0. The Morgan fingerprint density at radius 2 is 2.21 bits per heavy atom. The van der Waals surface area contributed by atoms with Crippen LogP contribution in [0.25, 0.3) is 6.08 Å². The first-order valence-corrected chi connectivity index (χ1v) is 6.39. The van der Waals surface area contributed by atoms with E-state index in [1.165, 1.54) is 5.56 Å². The summed E-state index contributed by atoms with van der Waals surface area (Å²) in [6, 6.07) is 6.02. The number of rotatable bonds is 2. The van der Waals surface area contributed by atoms with Crippen molar-refractivity contribution in [2.45, 2.75) is 26.2 Å². The van der Waals surface area contributed by atoms with Crippen molar-refractivity contribution in [1.82, 2.24) is 4.90 Å². The van der Waals surface area contributed by atoms with E-state index in [-0.39, 0.29) is 0 Å². The summed E-state index contributed by atoms with van der Waals surface area (Å²) in [5, 5.41) is 0. The Bertz CT molecular complexity index is 561. The number of nitrogen functional groups attached to an aromatic ring is 1. The van der Waals surface area contributed by atoms with Gasteiger partial charge < -0.3 is 20.1 Å². The molecule has 0 saturated carbocycles. The molecule has 2 heterocycles. The molecular formula is C15H18N2O2. The zero-order valence-electron chi connectivity index (χ0n) is 11.2. The molecule has 0 bridgehead atoms. The first-order valence-electron chi connectivity index (χ1n) is 6.39. The highest BCUT2D eigenvalue weighted by atomic mass is 16.7. The van der Waals surface area contributed by atoms with Gasteiger partial charge in [-0.15, -0.1) is 0 Å². The Morgan fingerprint density at radius 3 is 2.95 bits per heavy atom. The van der Waals surface area contributed by atoms with Crippen LogP contribution >= 0.6 is 0 Å². The lowest BCUT2D eigenvalue weighted by atomic mass is 10.0. The third-order valence-electron chi connectivity index (χ3n) is 3.27. The van der Waals surface area contributed by atoms with E-state index >= 15 is 0 Å². The second-order valence-corrected chi connectivity index (χ2v) is 5.34. The molecule has 3 rings (SSSR count). The van der Waals surface area contributed by atoms with Crippen molar-refractivity contribution in [3.05, 3.63) is 47.5 Å². The third-order valence-corrected chi connectivity index (χ3v) is 3.27. The van der Waals surface area contributed by atoms with Crippen molar-refractivity contribution in [3.8, 4) is 0 Å². The molecule has 0 saturated heterocycles. The standard InChI is InChI=1S/C15H18N2O2/c1-15(2)18-10-12(19-15)9-17-7-6-13-11(8-17)4-3-5-14(13)16/h3-7,10H,8-9,16H2,1-2H3. The second-order valence-electron chi connectivity index (χ2n) is 5.34. The number of benzene rings is 1. The largest absolute Gasteiger partial charge is 0.457 e. The van der Waals surface area contributed by atoms with Gasteiger partial charge in [0.15, 0.2) is 5.76 Å². The molecule has 4 heteroatoms. The quantitative estimate of drug-likeness (QED) is 0.828. The Morgan fingerprint density at radius 1 is 1.37 bits per heavy atom. The molecule has 0 unspecified atom stereocenters. The summed E-state index contributed by atoms with van der Waals surface area (Å²) in [6.07, 6.45) is 5.80. The van der Waals surface area contributed by atoms with Crippen LogP contribution in [0, 0.1) is 0 Å². The lowest BCUT2D eigenvalue weighted by Crippen LogP contribution is -2.26. The van der Waals surface area contributed by atoms with E-state index in [0.717, 1.165) is 23.6 Å². The van der Waals surface area contributed by atoms with Crippen LogP contribution in [-0.2, 0) is 16.0 Å². The Kier molecular flexibility index (Phi) is 2.66. The van der Waals surface area contributed by atoms with E-state index in [1.807, 2.05) is 32.2 Å². The van der Waals surface area contributed by atoms with E-state index in [0.29, 0.717) is 6.54 Å². The summed E-state index contributed by atoms with van der Waals surface area (Å²) in [4.78, 5) is 2.18. The van der Waals surface area contributed by atoms with E-state index in [1.54, 1.807) is 6.26 Å². The molecule has 2 aliphatic heterocycles. The molecule has 1 aromatic rings. The predicted molar refractivity (Wildman–Crippen MR) is 74.6 cm³/mol. The highest BCUT2D eigenvalue weighted by molar-refractivity contribution is 5.68. The summed E-state index contributed by atoms with van der Waals surface area (Å²) < 4.78 is 11.1. The minimum absolute atomic E-state index is 0.544. The molecule has 2 N–H and O–H groups in total. The highest BCUT2D eigenvalue weighted by Gasteiger charge is 2.28. The number of hydrogen-bond donors (Lipinski definition) is 1. The zero-order chi connectivity index (χ0) is 13.5. The first-order chi connectivity index (χ1) is 9.03. The fourth-order valence-electron chi connectivity index (χ4n) is 2.38. The van der Waals surface area contributed by atoms with Crippen molar-refractivity contribution < 1.29 is 9.47 Å². The van der Waals surface area contributed by atoms with Crippen LogP contribution in [-0.4, -0.2) is 17.2 Å². The molecule has 19 heavy (non-hydrogen) atoms. The van der Waals surface area contributed by atoms with Crippen molar-refractivity contribution in [3.63, 3.8) is 0 Å². The van der Waals surface area contributed by atoms with Gasteiger partial charge in [-0.25, -0.2) is 0 Å². The summed E-state index contributed by atoms with van der Waals surface area (Å²) in [5.74, 6) is 0.305. The van der Waals surface area contributed by atoms with Gasteiger partial charge in [0.05, 0.1) is 6.54 Å². The maximum atomic E-state index is 5.96. The molecule has 1 aromatic carbocycles. The van der Waals surface area contributed by atoms with Gasteiger partial charge in [-0.05, 0) is 17.7 Å². The molecule has 0 aliphatic carbocycles. The number of nitrogens with two attached hydrogens (primary N) is 1. The fraction of sp³-hybridized carbons (Fsp3) is 0.333. The molecule has 0 spiro atoms. The summed E-state index contributed by atoms with van der Waals surface area (Å²) >= 11 is 0. The topological polar surface area (TPSA) is 47.7 Å². The average Bonchev–Trinajstić information content (AvgIpc) is 2.69. The van der Waals surface area contributed by atoms with Crippen LogP contribution in [0.1, 0.15) is 25.0 Å². The molecular weight excluding hydrogens is 240 g/mol. The predicted octanol–water partition coefficient (Wildman–Crippen LogP) is 2.68. The maximum Gasteiger partial charge on any atom is 0.244 e. The number of ether oxygens (including phenoxy) is 2. The highest BCUT2D eigenvalue weighted by Crippen LogP contribution is 2.28. The average molecular weight is 258 g/mol. The van der Waals surface area contributed by atoms with Gasteiger partial charge in [-0.1, -0.05) is 12.1 Å². The summed E-state index contributed by atoms with van der Waals surface area (Å²) in [6.45, 7) is 5.34. The molecule has 0 aromatic heterocycles.